The topological polar surface area (TPSA) is 103 Å². The molecule has 10 heteroatoms. The first-order chi connectivity index (χ1) is 13.7. The number of nitrogens with zero attached hydrogens (tertiary/aromatic N) is 2. The van der Waals surface area contributed by atoms with E-state index in [9.17, 15) is 18.0 Å². The molecule has 0 radical (unpaired) electrons. The summed E-state index contributed by atoms with van der Waals surface area (Å²) >= 11 is 0. The molecule has 0 aliphatic heterocycles. The lowest BCUT2D eigenvalue weighted by molar-refractivity contribution is 0.318. The van der Waals surface area contributed by atoms with Crippen LogP contribution in [0.5, 0.6) is 5.75 Å². The van der Waals surface area contributed by atoms with Crippen LogP contribution in [0.25, 0.3) is 22.3 Å². The molecule has 0 aliphatic rings. The van der Waals surface area contributed by atoms with Crippen molar-refractivity contribution in [3.63, 3.8) is 0 Å². The molecule has 1 aromatic carbocycles. The van der Waals surface area contributed by atoms with Crippen LogP contribution < -0.4 is 16.0 Å². The van der Waals surface area contributed by atoms with E-state index in [4.69, 9.17) is 15.4 Å². The van der Waals surface area contributed by atoms with Crippen LogP contribution in [0.2, 0.25) is 0 Å². The number of aryl methyl sites for hydroxylation is 1. The monoisotopic (exact) mass is 439 g/mol. The predicted octanol–water partition coefficient (Wildman–Crippen LogP) is 2.82. The Labute approximate surface area is 172 Å². The molecule has 0 atom stereocenters. The van der Waals surface area contributed by atoms with Gasteiger partial charge in [-0.05, 0) is 37.1 Å². The minimum Gasteiger partial charge on any atom is -0.493 e. The Morgan fingerprint density at radius 2 is 1.86 bits per heavy atom. The zero-order valence-corrected chi connectivity index (χ0v) is 17.9. The van der Waals surface area contributed by atoms with E-state index in [0.29, 0.717) is 42.1 Å². The summed E-state index contributed by atoms with van der Waals surface area (Å²) < 4.78 is 31.9. The van der Waals surface area contributed by atoms with Gasteiger partial charge in [0, 0.05) is 29.8 Å². The number of rotatable bonds is 7. The summed E-state index contributed by atoms with van der Waals surface area (Å²) in [5, 5.41) is 0. The van der Waals surface area contributed by atoms with Crippen LogP contribution in [0.3, 0.4) is 0 Å². The number of hydrogen-bond donors (Lipinski definition) is 1. The summed E-state index contributed by atoms with van der Waals surface area (Å²) in [5.74, 6) is 0.448. The Morgan fingerprint density at radius 3 is 2.48 bits per heavy atom. The average Bonchev–Trinajstić information content (AvgIpc) is 3.12. The number of aromatic amines is 1. The molecule has 0 aliphatic carbocycles. The van der Waals surface area contributed by atoms with Crippen LogP contribution in [0, 0.1) is 0 Å². The molecule has 0 amide bonds. The standard InChI is InChI=1S/C19H22ClN3O5S/c1-4-8-23-15-11-14(21-17(15)18(24)22(3)19(23)25)13-10-12(29(20,26)27)6-7-16(13)28-9-5-2/h6-7,10-11,21H,4-5,8-9H2,1-3H3. The highest BCUT2D eigenvalue weighted by Crippen LogP contribution is 2.34. The third-order valence-electron chi connectivity index (χ3n) is 4.56. The molecule has 0 saturated carbocycles. The van der Waals surface area contributed by atoms with Gasteiger partial charge in [0.1, 0.15) is 11.3 Å². The summed E-state index contributed by atoms with van der Waals surface area (Å²) in [4.78, 5) is 28.1. The second-order valence-corrected chi connectivity index (χ2v) is 9.25. The van der Waals surface area contributed by atoms with Gasteiger partial charge in [-0.2, -0.15) is 0 Å². The lowest BCUT2D eigenvalue weighted by atomic mass is 10.1. The van der Waals surface area contributed by atoms with Gasteiger partial charge in [0.05, 0.1) is 22.7 Å². The minimum atomic E-state index is -3.96. The van der Waals surface area contributed by atoms with Crippen LogP contribution in [-0.4, -0.2) is 29.1 Å². The second-order valence-electron chi connectivity index (χ2n) is 6.69. The van der Waals surface area contributed by atoms with E-state index in [0.717, 1.165) is 11.0 Å². The summed E-state index contributed by atoms with van der Waals surface area (Å²) in [6.07, 6.45) is 1.47. The van der Waals surface area contributed by atoms with E-state index < -0.39 is 20.3 Å². The Balaban J connectivity index is 2.32. The van der Waals surface area contributed by atoms with Crippen LogP contribution in [-0.2, 0) is 22.6 Å². The fraction of sp³-hybridized carbons (Fsp3) is 0.368. The number of fused-ring (bicyclic) bond motifs is 1. The van der Waals surface area contributed by atoms with Gasteiger partial charge in [0.25, 0.3) is 14.6 Å². The Hall–Kier alpha value is -2.52. The van der Waals surface area contributed by atoms with Crippen LogP contribution >= 0.6 is 10.7 Å². The maximum atomic E-state index is 12.6. The van der Waals surface area contributed by atoms with Crippen molar-refractivity contribution in [2.75, 3.05) is 6.61 Å². The molecule has 156 valence electrons. The van der Waals surface area contributed by atoms with E-state index in [1.165, 1.54) is 29.8 Å². The summed E-state index contributed by atoms with van der Waals surface area (Å²) in [5.41, 5.74) is 0.747. The molecule has 0 spiro atoms. The molecule has 2 heterocycles. The lowest BCUT2D eigenvalue weighted by Crippen LogP contribution is -2.38. The van der Waals surface area contributed by atoms with Crippen molar-refractivity contribution in [1.29, 1.82) is 0 Å². The Morgan fingerprint density at radius 1 is 1.14 bits per heavy atom. The van der Waals surface area contributed by atoms with Gasteiger partial charge in [-0.1, -0.05) is 13.8 Å². The van der Waals surface area contributed by atoms with E-state index >= 15 is 0 Å². The van der Waals surface area contributed by atoms with Crippen molar-refractivity contribution in [2.45, 2.75) is 38.1 Å². The van der Waals surface area contributed by atoms with E-state index in [1.807, 2.05) is 13.8 Å². The second kappa shape index (κ2) is 8.08. The van der Waals surface area contributed by atoms with Gasteiger partial charge in [-0.3, -0.25) is 13.9 Å². The summed E-state index contributed by atoms with van der Waals surface area (Å²) in [6.45, 7) is 4.76. The predicted molar refractivity (Wildman–Crippen MR) is 112 cm³/mol. The fourth-order valence-corrected chi connectivity index (χ4v) is 3.93. The maximum Gasteiger partial charge on any atom is 0.331 e. The molecular weight excluding hydrogens is 418 g/mol. The fourth-order valence-electron chi connectivity index (χ4n) is 3.15. The third-order valence-corrected chi connectivity index (χ3v) is 5.91. The summed E-state index contributed by atoms with van der Waals surface area (Å²) in [7, 11) is 2.98. The SMILES string of the molecule is CCCOc1ccc(S(=O)(=O)Cl)cc1-c1cc2c([nH]1)c(=O)n(C)c(=O)n2CCC. The number of benzene rings is 1. The van der Waals surface area contributed by atoms with Gasteiger partial charge in [0.15, 0.2) is 0 Å². The highest BCUT2D eigenvalue weighted by Gasteiger charge is 2.19. The van der Waals surface area contributed by atoms with Crippen molar-refractivity contribution in [3.8, 4) is 17.0 Å². The molecule has 29 heavy (non-hydrogen) atoms. The molecular formula is C19H22ClN3O5S. The van der Waals surface area contributed by atoms with Gasteiger partial charge in [-0.15, -0.1) is 0 Å². The molecule has 2 aromatic heterocycles. The zero-order valence-electron chi connectivity index (χ0n) is 16.4. The molecule has 0 unspecified atom stereocenters. The number of hydrogen-bond acceptors (Lipinski definition) is 5. The first kappa shape index (κ1) is 21.2. The smallest absolute Gasteiger partial charge is 0.331 e. The minimum absolute atomic E-state index is 0.0875. The average molecular weight is 440 g/mol. The highest BCUT2D eigenvalue weighted by atomic mass is 35.7. The molecule has 1 N–H and O–H groups in total. The summed E-state index contributed by atoms with van der Waals surface area (Å²) in [6, 6.07) is 5.95. The molecule has 0 saturated heterocycles. The van der Waals surface area contributed by atoms with E-state index in [-0.39, 0.29) is 10.4 Å². The molecule has 0 bridgehead atoms. The van der Waals surface area contributed by atoms with Gasteiger partial charge >= 0.3 is 5.69 Å². The van der Waals surface area contributed by atoms with E-state index in [2.05, 4.69) is 4.98 Å². The van der Waals surface area contributed by atoms with Gasteiger partial charge in [-0.25, -0.2) is 13.2 Å². The largest absolute Gasteiger partial charge is 0.493 e. The Kier molecular flexibility index (Phi) is 5.90. The van der Waals surface area contributed by atoms with Gasteiger partial charge in [0.2, 0.25) is 0 Å². The van der Waals surface area contributed by atoms with Gasteiger partial charge < -0.3 is 9.72 Å². The number of H-pyrrole nitrogens is 1. The van der Waals surface area contributed by atoms with Crippen molar-refractivity contribution < 1.29 is 13.2 Å². The van der Waals surface area contributed by atoms with Crippen LogP contribution in [0.4, 0.5) is 0 Å². The molecule has 3 rings (SSSR count). The normalized spacial score (nSPS) is 11.9. The number of ether oxygens (including phenoxy) is 1. The van der Waals surface area contributed by atoms with Crippen molar-refractivity contribution in [2.24, 2.45) is 7.05 Å². The van der Waals surface area contributed by atoms with Crippen LogP contribution in [0.1, 0.15) is 26.7 Å². The highest BCUT2D eigenvalue weighted by molar-refractivity contribution is 8.13. The first-order valence-corrected chi connectivity index (χ1v) is 11.5. The molecule has 8 nitrogen and oxygen atoms in total. The first-order valence-electron chi connectivity index (χ1n) is 9.23. The number of halogens is 1. The lowest BCUT2D eigenvalue weighted by Gasteiger charge is -2.11. The van der Waals surface area contributed by atoms with Crippen molar-refractivity contribution in [3.05, 3.63) is 45.1 Å². The number of aromatic nitrogens is 3. The molecule has 0 fully saturated rings. The quantitative estimate of drug-likeness (QED) is 0.570. The van der Waals surface area contributed by atoms with E-state index in [1.54, 1.807) is 6.07 Å². The number of nitrogens with one attached hydrogen (secondary N) is 1. The third kappa shape index (κ3) is 3.97. The zero-order chi connectivity index (χ0) is 21.3. The van der Waals surface area contributed by atoms with Crippen LogP contribution in [0.15, 0.2) is 38.8 Å². The Bertz CT molecular complexity index is 1290. The van der Waals surface area contributed by atoms with Crippen molar-refractivity contribution in [1.82, 2.24) is 14.1 Å². The molecule has 3 aromatic rings. The van der Waals surface area contributed by atoms with Crippen molar-refractivity contribution >= 4 is 30.8 Å². The maximum absolute atomic E-state index is 12.6.